The quantitative estimate of drug-likeness (QED) is 0.214. The van der Waals surface area contributed by atoms with Crippen molar-refractivity contribution >= 4 is 0 Å². The van der Waals surface area contributed by atoms with Crippen LogP contribution in [0.25, 0.3) is 0 Å². The molecule has 2 aliphatic rings. The van der Waals surface area contributed by atoms with Crippen molar-refractivity contribution in [3.8, 4) is 0 Å². The Bertz CT molecular complexity index is 537. The first kappa shape index (κ1) is 32.7. The highest BCUT2D eigenvalue weighted by Gasteiger charge is 2.48. The molecule has 2 saturated heterocycles. The van der Waals surface area contributed by atoms with E-state index in [1.807, 2.05) is 0 Å². The second-order valence-electron chi connectivity index (χ2n) is 8.55. The lowest BCUT2D eigenvalue weighted by Gasteiger charge is -2.44. The largest absolute Gasteiger partial charge is 0.382 e. The van der Waals surface area contributed by atoms with Crippen molar-refractivity contribution in [1.82, 2.24) is 0 Å². The number of hydrogen-bond acceptors (Lipinski definition) is 13. The molecule has 0 aromatic carbocycles. The smallest absolute Gasteiger partial charge is 0.187 e. The SMILES string of the molecule is COC[C@H]1O[C@@H](OCCOCCO[C@@H]2O[C@H](COC)[C@@H](OC)[C@H](OC)[C@H]2OC)[C@H](OC)[C@@H](OC)[C@@H]1OC. The molecule has 0 unspecified atom stereocenters. The topological polar surface area (TPSA) is 120 Å². The third-order valence-electron chi connectivity index (χ3n) is 6.50. The van der Waals surface area contributed by atoms with Gasteiger partial charge in [-0.05, 0) is 0 Å². The second kappa shape index (κ2) is 17.9. The van der Waals surface area contributed by atoms with Gasteiger partial charge in [0, 0.05) is 56.9 Å². The standard InChI is InChI=1S/C24H46O13/c1-25-13-15-17(27-3)19(29-5)21(31-7)23(36-15)34-11-9-33-10-12-35-24-22(32-8)20(30-6)18(28-4)16(37-24)14-26-2/h15-24H,9-14H2,1-8H3/t15-,16-,17-,18-,19+,20+,21-,22-,23-,24-/m1/s1. The molecule has 0 radical (unpaired) electrons. The third-order valence-corrected chi connectivity index (χ3v) is 6.50. The van der Waals surface area contributed by atoms with Gasteiger partial charge in [0.15, 0.2) is 12.6 Å². The molecule has 2 aliphatic heterocycles. The minimum atomic E-state index is -0.670. The highest BCUT2D eigenvalue weighted by Crippen LogP contribution is 2.29. The summed E-state index contributed by atoms with van der Waals surface area (Å²) in [5.74, 6) is 0. The van der Waals surface area contributed by atoms with Gasteiger partial charge in [0.25, 0.3) is 0 Å². The summed E-state index contributed by atoms with van der Waals surface area (Å²) in [7, 11) is 12.8. The molecule has 0 saturated carbocycles. The average Bonchev–Trinajstić information content (AvgIpc) is 2.91. The van der Waals surface area contributed by atoms with Crippen LogP contribution in [0.4, 0.5) is 0 Å². The van der Waals surface area contributed by atoms with Gasteiger partial charge < -0.3 is 61.6 Å². The molecule has 0 N–H and O–H groups in total. The van der Waals surface area contributed by atoms with Gasteiger partial charge in [-0.2, -0.15) is 0 Å². The fraction of sp³-hybridized carbons (Fsp3) is 1.00. The van der Waals surface area contributed by atoms with E-state index in [2.05, 4.69) is 0 Å². The Labute approximate surface area is 220 Å². The van der Waals surface area contributed by atoms with Crippen LogP contribution in [0.5, 0.6) is 0 Å². The molecular formula is C24H46O13. The van der Waals surface area contributed by atoms with Crippen LogP contribution < -0.4 is 0 Å². The molecule has 2 heterocycles. The average molecular weight is 543 g/mol. The maximum Gasteiger partial charge on any atom is 0.187 e. The van der Waals surface area contributed by atoms with Gasteiger partial charge in [-0.25, -0.2) is 0 Å². The molecule has 220 valence electrons. The third kappa shape index (κ3) is 8.73. The van der Waals surface area contributed by atoms with Crippen molar-refractivity contribution in [3.63, 3.8) is 0 Å². The fourth-order valence-corrected chi connectivity index (χ4v) is 4.77. The normalized spacial score (nSPS) is 36.6. The van der Waals surface area contributed by atoms with E-state index >= 15 is 0 Å². The van der Waals surface area contributed by atoms with Gasteiger partial charge in [-0.1, -0.05) is 0 Å². The van der Waals surface area contributed by atoms with Crippen molar-refractivity contribution in [2.24, 2.45) is 0 Å². The molecule has 0 aromatic heterocycles. The van der Waals surface area contributed by atoms with Crippen molar-refractivity contribution in [2.45, 2.75) is 61.4 Å². The summed E-state index contributed by atoms with van der Waals surface area (Å²) in [5, 5.41) is 0. The zero-order chi connectivity index (χ0) is 27.2. The Kier molecular flexibility index (Phi) is 15.9. The minimum absolute atomic E-state index is 0.274. The Morgan fingerprint density at radius 1 is 0.432 bits per heavy atom. The van der Waals surface area contributed by atoms with E-state index in [0.29, 0.717) is 26.4 Å². The summed E-state index contributed by atoms with van der Waals surface area (Å²) in [5.41, 5.74) is 0. The summed E-state index contributed by atoms with van der Waals surface area (Å²) in [6.45, 7) is 1.84. The van der Waals surface area contributed by atoms with Crippen LogP contribution in [0.1, 0.15) is 0 Å². The lowest BCUT2D eigenvalue weighted by atomic mass is 9.98. The number of ether oxygens (including phenoxy) is 13. The molecule has 37 heavy (non-hydrogen) atoms. The molecule has 0 aliphatic carbocycles. The molecule has 0 aromatic rings. The number of hydrogen-bond donors (Lipinski definition) is 0. The van der Waals surface area contributed by atoms with Crippen LogP contribution in [0.15, 0.2) is 0 Å². The minimum Gasteiger partial charge on any atom is -0.382 e. The zero-order valence-corrected chi connectivity index (χ0v) is 23.3. The maximum atomic E-state index is 6.05. The van der Waals surface area contributed by atoms with Gasteiger partial charge >= 0.3 is 0 Å². The van der Waals surface area contributed by atoms with E-state index in [1.165, 1.54) is 0 Å². The molecule has 13 heteroatoms. The summed E-state index contributed by atoms with van der Waals surface area (Å²) in [6.07, 6.45) is -4.53. The molecular weight excluding hydrogens is 496 g/mol. The molecule has 2 fully saturated rings. The first-order valence-electron chi connectivity index (χ1n) is 12.3. The second-order valence-corrected chi connectivity index (χ2v) is 8.55. The van der Waals surface area contributed by atoms with Crippen molar-refractivity contribution in [3.05, 3.63) is 0 Å². The molecule has 10 atom stereocenters. The van der Waals surface area contributed by atoms with E-state index in [9.17, 15) is 0 Å². The van der Waals surface area contributed by atoms with Crippen molar-refractivity contribution in [2.75, 3.05) is 96.5 Å². The van der Waals surface area contributed by atoms with E-state index < -0.39 is 24.8 Å². The summed E-state index contributed by atoms with van der Waals surface area (Å²) < 4.78 is 73.8. The van der Waals surface area contributed by atoms with E-state index in [4.69, 9.17) is 61.6 Å². The first-order valence-corrected chi connectivity index (χ1v) is 12.3. The predicted molar refractivity (Wildman–Crippen MR) is 129 cm³/mol. The van der Waals surface area contributed by atoms with Gasteiger partial charge in [-0.3, -0.25) is 0 Å². The van der Waals surface area contributed by atoms with Gasteiger partial charge in [0.1, 0.15) is 48.8 Å². The fourth-order valence-electron chi connectivity index (χ4n) is 4.77. The van der Waals surface area contributed by atoms with Crippen molar-refractivity contribution in [1.29, 1.82) is 0 Å². The van der Waals surface area contributed by atoms with Crippen LogP contribution in [-0.4, -0.2) is 158 Å². The zero-order valence-electron chi connectivity index (χ0n) is 23.3. The number of rotatable bonds is 18. The Morgan fingerprint density at radius 2 is 0.784 bits per heavy atom. The Balaban J connectivity index is 1.79. The maximum absolute atomic E-state index is 6.05. The Hall–Kier alpha value is -0.520. The lowest BCUT2D eigenvalue weighted by molar-refractivity contribution is -0.317. The monoisotopic (exact) mass is 542 g/mol. The molecule has 0 bridgehead atoms. The van der Waals surface area contributed by atoms with Crippen LogP contribution >= 0.6 is 0 Å². The molecule has 2 rings (SSSR count). The van der Waals surface area contributed by atoms with Crippen LogP contribution in [0.2, 0.25) is 0 Å². The summed E-state index contributed by atoms with van der Waals surface area (Å²) in [4.78, 5) is 0. The van der Waals surface area contributed by atoms with Gasteiger partial charge in [0.2, 0.25) is 0 Å². The van der Waals surface area contributed by atoms with Crippen LogP contribution in [0.3, 0.4) is 0 Å². The van der Waals surface area contributed by atoms with E-state index in [0.717, 1.165) is 0 Å². The van der Waals surface area contributed by atoms with Gasteiger partial charge in [0.05, 0.1) is 39.6 Å². The van der Waals surface area contributed by atoms with Crippen LogP contribution in [-0.2, 0) is 61.6 Å². The molecule has 0 spiro atoms. The summed E-state index contributed by atoms with van der Waals surface area (Å²) >= 11 is 0. The lowest BCUT2D eigenvalue weighted by Crippen LogP contribution is -2.61. The van der Waals surface area contributed by atoms with Crippen molar-refractivity contribution < 1.29 is 61.6 Å². The van der Waals surface area contributed by atoms with E-state index in [-0.39, 0.29) is 49.8 Å². The highest BCUT2D eigenvalue weighted by atomic mass is 16.7. The van der Waals surface area contributed by atoms with Gasteiger partial charge in [-0.15, -0.1) is 0 Å². The first-order chi connectivity index (χ1) is 18.0. The predicted octanol–water partition coefficient (Wildman–Crippen LogP) is -0.131. The Morgan fingerprint density at radius 3 is 1.08 bits per heavy atom. The van der Waals surface area contributed by atoms with Crippen LogP contribution in [0, 0.1) is 0 Å². The molecule has 13 nitrogen and oxygen atoms in total. The summed E-state index contributed by atoms with van der Waals surface area (Å²) in [6, 6.07) is 0. The van der Waals surface area contributed by atoms with E-state index in [1.54, 1.807) is 56.9 Å². The molecule has 0 amide bonds. The number of methoxy groups -OCH3 is 8. The highest BCUT2D eigenvalue weighted by molar-refractivity contribution is 4.93.